The van der Waals surface area contributed by atoms with E-state index in [0.717, 1.165) is 13.1 Å². The first-order chi connectivity index (χ1) is 7.22. The first-order valence-electron chi connectivity index (χ1n) is 4.36. The van der Waals surface area contributed by atoms with Gasteiger partial charge in [0.25, 0.3) is 0 Å². The van der Waals surface area contributed by atoms with Crippen LogP contribution < -0.4 is 5.32 Å². The van der Waals surface area contributed by atoms with Crippen LogP contribution in [0.2, 0.25) is 0 Å². The fourth-order valence-electron chi connectivity index (χ4n) is 1.49. The predicted molar refractivity (Wildman–Crippen MR) is 69.3 cm³/mol. The minimum absolute atomic E-state index is 0.167. The van der Waals surface area contributed by atoms with Crippen LogP contribution in [0.3, 0.4) is 0 Å². The van der Waals surface area contributed by atoms with Crippen LogP contribution in [0.4, 0.5) is 0 Å². The van der Waals surface area contributed by atoms with Gasteiger partial charge in [0.2, 0.25) is 0 Å². The highest BCUT2D eigenvalue weighted by atomic mass is 79.9. The van der Waals surface area contributed by atoms with Crippen LogP contribution in [0.1, 0.15) is 17.2 Å². The standard InChI is InChI=1S/C10H9Br2NOS/c1-13-9(6-2-3-14-5-6)7-4-8(11)15-10(7)12/h2-5,9,13H,1H3. The van der Waals surface area contributed by atoms with Gasteiger partial charge >= 0.3 is 0 Å². The summed E-state index contributed by atoms with van der Waals surface area (Å²) in [5.41, 5.74) is 2.35. The molecule has 0 aliphatic heterocycles. The second-order valence-electron chi connectivity index (χ2n) is 3.06. The first kappa shape index (κ1) is 11.4. The first-order valence-corrected chi connectivity index (χ1v) is 6.76. The van der Waals surface area contributed by atoms with Crippen LogP contribution >= 0.6 is 43.2 Å². The molecule has 2 rings (SSSR count). The molecule has 0 saturated heterocycles. The Hall–Kier alpha value is -0.100. The van der Waals surface area contributed by atoms with Crippen LogP contribution in [0.25, 0.3) is 0 Å². The van der Waals surface area contributed by atoms with E-state index in [1.54, 1.807) is 23.9 Å². The third-order valence-electron chi connectivity index (χ3n) is 2.16. The van der Waals surface area contributed by atoms with Crippen LogP contribution in [-0.4, -0.2) is 7.05 Å². The molecule has 2 aromatic heterocycles. The van der Waals surface area contributed by atoms with E-state index in [4.69, 9.17) is 4.42 Å². The Morgan fingerprint density at radius 1 is 1.47 bits per heavy atom. The van der Waals surface area contributed by atoms with Crippen molar-refractivity contribution in [2.75, 3.05) is 7.05 Å². The lowest BCUT2D eigenvalue weighted by molar-refractivity contribution is 0.557. The van der Waals surface area contributed by atoms with Gasteiger partial charge in [-0.2, -0.15) is 0 Å². The van der Waals surface area contributed by atoms with Crippen molar-refractivity contribution in [1.29, 1.82) is 0 Å². The number of nitrogens with one attached hydrogen (secondary N) is 1. The number of hydrogen-bond donors (Lipinski definition) is 1. The predicted octanol–water partition coefficient (Wildman–Crippen LogP) is 4.17. The van der Waals surface area contributed by atoms with Gasteiger partial charge in [0, 0.05) is 5.56 Å². The van der Waals surface area contributed by atoms with Gasteiger partial charge < -0.3 is 9.73 Å². The van der Waals surface area contributed by atoms with Gasteiger partial charge in [-0.15, -0.1) is 11.3 Å². The Morgan fingerprint density at radius 3 is 2.73 bits per heavy atom. The zero-order chi connectivity index (χ0) is 10.8. The maximum atomic E-state index is 5.10. The highest BCUT2D eigenvalue weighted by molar-refractivity contribution is 9.12. The molecule has 1 N–H and O–H groups in total. The number of halogens is 2. The highest BCUT2D eigenvalue weighted by Gasteiger charge is 2.18. The van der Waals surface area contributed by atoms with Gasteiger partial charge in [0.05, 0.1) is 26.1 Å². The summed E-state index contributed by atoms with van der Waals surface area (Å²) in [4.78, 5) is 0. The van der Waals surface area contributed by atoms with E-state index >= 15 is 0 Å². The number of hydrogen-bond acceptors (Lipinski definition) is 3. The van der Waals surface area contributed by atoms with Crippen molar-refractivity contribution < 1.29 is 4.42 Å². The fraction of sp³-hybridized carbons (Fsp3) is 0.200. The summed E-state index contributed by atoms with van der Waals surface area (Å²) in [7, 11) is 1.94. The summed E-state index contributed by atoms with van der Waals surface area (Å²) in [6.07, 6.45) is 3.45. The summed E-state index contributed by atoms with van der Waals surface area (Å²) in [6.45, 7) is 0. The molecule has 1 unspecified atom stereocenters. The van der Waals surface area contributed by atoms with E-state index in [0.29, 0.717) is 0 Å². The zero-order valence-electron chi connectivity index (χ0n) is 7.96. The second-order valence-corrected chi connectivity index (χ2v) is 6.81. The van der Waals surface area contributed by atoms with Crippen molar-refractivity contribution in [3.05, 3.63) is 43.4 Å². The van der Waals surface area contributed by atoms with E-state index < -0.39 is 0 Å². The highest BCUT2D eigenvalue weighted by Crippen LogP contribution is 2.37. The number of furan rings is 1. The Balaban J connectivity index is 2.39. The van der Waals surface area contributed by atoms with E-state index in [1.165, 1.54) is 5.56 Å². The second kappa shape index (κ2) is 4.82. The van der Waals surface area contributed by atoms with Crippen molar-refractivity contribution in [2.24, 2.45) is 0 Å². The Kier molecular flexibility index (Phi) is 3.66. The maximum Gasteiger partial charge on any atom is 0.0953 e. The summed E-state index contributed by atoms with van der Waals surface area (Å²) < 4.78 is 7.35. The molecule has 2 nitrogen and oxygen atoms in total. The third-order valence-corrected chi connectivity index (χ3v) is 4.54. The molecule has 0 aliphatic carbocycles. The molecule has 0 amide bonds. The van der Waals surface area contributed by atoms with Gasteiger partial charge in [0.15, 0.2) is 0 Å². The Morgan fingerprint density at radius 2 is 2.27 bits per heavy atom. The quantitative estimate of drug-likeness (QED) is 0.898. The molecule has 0 fully saturated rings. The lowest BCUT2D eigenvalue weighted by Crippen LogP contribution is -2.16. The topological polar surface area (TPSA) is 25.2 Å². The monoisotopic (exact) mass is 349 g/mol. The van der Waals surface area contributed by atoms with Crippen LogP contribution in [0.5, 0.6) is 0 Å². The maximum absolute atomic E-state index is 5.10. The molecule has 0 bridgehead atoms. The lowest BCUT2D eigenvalue weighted by atomic mass is 10.1. The SMILES string of the molecule is CNC(c1ccoc1)c1cc(Br)sc1Br. The Labute approximate surface area is 109 Å². The molecule has 1 atom stereocenters. The van der Waals surface area contributed by atoms with Gasteiger partial charge in [0.1, 0.15) is 0 Å². The molecule has 0 radical (unpaired) electrons. The van der Waals surface area contributed by atoms with Crippen LogP contribution in [0.15, 0.2) is 36.6 Å². The van der Waals surface area contributed by atoms with E-state index in [-0.39, 0.29) is 6.04 Å². The molecule has 0 saturated carbocycles. The van der Waals surface area contributed by atoms with Crippen molar-refractivity contribution in [1.82, 2.24) is 5.32 Å². The molecule has 2 heterocycles. The molecule has 5 heteroatoms. The van der Waals surface area contributed by atoms with Gasteiger partial charge in [-0.1, -0.05) is 0 Å². The average molecular weight is 351 g/mol. The lowest BCUT2D eigenvalue weighted by Gasteiger charge is -2.13. The molecule has 0 aliphatic rings. The summed E-state index contributed by atoms with van der Waals surface area (Å²) >= 11 is 8.72. The van der Waals surface area contributed by atoms with E-state index in [9.17, 15) is 0 Å². The molecule has 0 spiro atoms. The minimum atomic E-state index is 0.167. The molecule has 80 valence electrons. The van der Waals surface area contributed by atoms with Gasteiger partial charge in [-0.05, 0) is 56.6 Å². The van der Waals surface area contributed by atoms with Crippen molar-refractivity contribution in [3.8, 4) is 0 Å². The van der Waals surface area contributed by atoms with Crippen LogP contribution in [0, 0.1) is 0 Å². The average Bonchev–Trinajstić information content (AvgIpc) is 2.79. The summed E-state index contributed by atoms with van der Waals surface area (Å²) in [6, 6.07) is 4.25. The van der Waals surface area contributed by atoms with E-state index in [2.05, 4.69) is 43.2 Å². The van der Waals surface area contributed by atoms with Crippen molar-refractivity contribution >= 4 is 43.2 Å². The minimum Gasteiger partial charge on any atom is -0.472 e. The van der Waals surface area contributed by atoms with Crippen molar-refractivity contribution in [3.63, 3.8) is 0 Å². The number of rotatable bonds is 3. The normalized spacial score (nSPS) is 13.0. The molecule has 2 aromatic rings. The Bertz CT molecular complexity index is 438. The van der Waals surface area contributed by atoms with E-state index in [1.807, 2.05) is 13.1 Å². The fourth-order valence-corrected chi connectivity index (χ4v) is 4.39. The number of thiophene rings is 1. The van der Waals surface area contributed by atoms with Gasteiger partial charge in [-0.3, -0.25) is 0 Å². The molecule has 0 aromatic carbocycles. The third kappa shape index (κ3) is 2.36. The molecular formula is C10H9Br2NOS. The van der Waals surface area contributed by atoms with Gasteiger partial charge in [-0.25, -0.2) is 0 Å². The van der Waals surface area contributed by atoms with Crippen molar-refractivity contribution in [2.45, 2.75) is 6.04 Å². The summed E-state index contributed by atoms with van der Waals surface area (Å²) in [5, 5.41) is 3.27. The zero-order valence-corrected chi connectivity index (χ0v) is 11.9. The molecular weight excluding hydrogens is 342 g/mol. The van der Waals surface area contributed by atoms with Crippen LogP contribution in [-0.2, 0) is 0 Å². The molecule has 15 heavy (non-hydrogen) atoms. The summed E-state index contributed by atoms with van der Waals surface area (Å²) in [5.74, 6) is 0. The smallest absolute Gasteiger partial charge is 0.0953 e. The largest absolute Gasteiger partial charge is 0.472 e.